The van der Waals surface area contributed by atoms with E-state index < -0.39 is 0 Å². The maximum absolute atomic E-state index is 5.74. The topological polar surface area (TPSA) is 28.4 Å². The van der Waals surface area contributed by atoms with Crippen molar-refractivity contribution in [3.63, 3.8) is 0 Å². The summed E-state index contributed by atoms with van der Waals surface area (Å²) in [7, 11) is 0. The second-order valence-electron chi connectivity index (χ2n) is 6.51. The Labute approximate surface area is 151 Å². The molecule has 1 heterocycles. The fraction of sp³-hybridized carbons (Fsp3) is 0.450. The molecule has 2 rings (SSSR count). The highest BCUT2D eigenvalue weighted by molar-refractivity contribution is 7.80. The van der Waals surface area contributed by atoms with E-state index in [1.807, 2.05) is 18.2 Å². The van der Waals surface area contributed by atoms with Crippen LogP contribution in [-0.4, -0.2) is 16.6 Å². The van der Waals surface area contributed by atoms with Crippen molar-refractivity contribution in [1.29, 1.82) is 0 Å². The number of para-hydroxylation sites is 1. The van der Waals surface area contributed by atoms with Crippen molar-refractivity contribution in [2.45, 2.75) is 46.6 Å². The van der Waals surface area contributed by atoms with Crippen LogP contribution in [0.2, 0.25) is 0 Å². The van der Waals surface area contributed by atoms with E-state index in [1.165, 1.54) is 5.56 Å². The molecule has 0 aliphatic carbocycles. The minimum atomic E-state index is 0.104. The molecule has 3 nitrogen and oxygen atoms in total. The number of benzene rings is 1. The van der Waals surface area contributed by atoms with E-state index in [9.17, 15) is 0 Å². The van der Waals surface area contributed by atoms with Crippen molar-refractivity contribution >= 4 is 23.0 Å². The molecule has 0 aliphatic heterocycles. The zero-order chi connectivity index (χ0) is 17.5. The summed E-state index contributed by atoms with van der Waals surface area (Å²) in [5.74, 6) is 1.56. The van der Waals surface area contributed by atoms with Gasteiger partial charge in [0.2, 0.25) is 0 Å². The molecule has 24 heavy (non-hydrogen) atoms. The third kappa shape index (κ3) is 4.84. The largest absolute Gasteiger partial charge is 0.467 e. The summed E-state index contributed by atoms with van der Waals surface area (Å²) >= 11 is 5.74. The van der Waals surface area contributed by atoms with Crippen LogP contribution >= 0.6 is 12.2 Å². The van der Waals surface area contributed by atoms with Gasteiger partial charge in [-0.3, -0.25) is 0 Å². The number of rotatable bonds is 7. The lowest BCUT2D eigenvalue weighted by Crippen LogP contribution is -2.38. The zero-order valence-electron chi connectivity index (χ0n) is 15.1. The van der Waals surface area contributed by atoms with Crippen LogP contribution in [0, 0.1) is 5.92 Å². The van der Waals surface area contributed by atoms with Crippen molar-refractivity contribution in [1.82, 2.24) is 4.90 Å². The van der Waals surface area contributed by atoms with Gasteiger partial charge < -0.3 is 14.6 Å². The first kappa shape index (κ1) is 18.5. The van der Waals surface area contributed by atoms with Gasteiger partial charge in [0.05, 0.1) is 12.3 Å². The maximum atomic E-state index is 5.74. The lowest BCUT2D eigenvalue weighted by atomic mass is 10.1. The van der Waals surface area contributed by atoms with Crippen molar-refractivity contribution in [2.24, 2.45) is 5.92 Å². The molecule has 0 saturated heterocycles. The quantitative estimate of drug-likeness (QED) is 0.657. The van der Waals surface area contributed by atoms with E-state index in [0.29, 0.717) is 5.92 Å². The van der Waals surface area contributed by atoms with Gasteiger partial charge >= 0.3 is 0 Å². The molecule has 0 radical (unpaired) electrons. The first-order valence-corrected chi connectivity index (χ1v) is 9.12. The molecule has 0 spiro atoms. The van der Waals surface area contributed by atoms with Gasteiger partial charge in [-0.05, 0) is 61.7 Å². The van der Waals surface area contributed by atoms with E-state index in [-0.39, 0.29) is 6.04 Å². The van der Waals surface area contributed by atoms with Crippen molar-refractivity contribution in [3.8, 4) is 0 Å². The summed E-state index contributed by atoms with van der Waals surface area (Å²) < 4.78 is 5.60. The lowest BCUT2D eigenvalue weighted by Gasteiger charge is -2.31. The van der Waals surface area contributed by atoms with Gasteiger partial charge in [0.15, 0.2) is 5.11 Å². The normalized spacial score (nSPS) is 12.2. The molecule has 0 saturated carbocycles. The number of aryl methyl sites for hydroxylation is 1. The summed E-state index contributed by atoms with van der Waals surface area (Å²) in [4.78, 5) is 2.22. The van der Waals surface area contributed by atoms with Crippen LogP contribution < -0.4 is 5.32 Å². The Bertz CT molecular complexity index is 637. The average Bonchev–Trinajstić information content (AvgIpc) is 3.09. The van der Waals surface area contributed by atoms with Crippen LogP contribution in [0.3, 0.4) is 0 Å². The molecular formula is C20H28N2OS. The zero-order valence-corrected chi connectivity index (χ0v) is 15.9. The van der Waals surface area contributed by atoms with E-state index >= 15 is 0 Å². The minimum Gasteiger partial charge on any atom is -0.467 e. The Morgan fingerprint density at radius 1 is 1.17 bits per heavy atom. The second-order valence-corrected chi connectivity index (χ2v) is 6.89. The molecule has 0 amide bonds. The molecule has 2 aromatic rings. The SMILES string of the molecule is CCc1ccccc1NC(=S)N(CCC(C)C)C(C)c1ccco1. The molecule has 130 valence electrons. The molecule has 4 heteroatoms. The first-order valence-electron chi connectivity index (χ1n) is 8.71. The summed E-state index contributed by atoms with van der Waals surface area (Å²) in [6.07, 6.45) is 3.78. The van der Waals surface area contributed by atoms with Crippen LogP contribution in [0.1, 0.15) is 51.5 Å². The first-order chi connectivity index (χ1) is 11.5. The highest BCUT2D eigenvalue weighted by atomic mass is 32.1. The Morgan fingerprint density at radius 3 is 2.54 bits per heavy atom. The number of hydrogen-bond acceptors (Lipinski definition) is 2. The fourth-order valence-corrected chi connectivity index (χ4v) is 3.05. The van der Waals surface area contributed by atoms with Gasteiger partial charge in [-0.15, -0.1) is 0 Å². The van der Waals surface area contributed by atoms with Crippen LogP contribution in [0.5, 0.6) is 0 Å². The molecule has 0 bridgehead atoms. The Hall–Kier alpha value is -1.81. The van der Waals surface area contributed by atoms with Gasteiger partial charge in [0.1, 0.15) is 5.76 Å². The summed E-state index contributed by atoms with van der Waals surface area (Å²) in [6, 6.07) is 12.4. The smallest absolute Gasteiger partial charge is 0.174 e. The molecule has 0 fully saturated rings. The van der Waals surface area contributed by atoms with Crippen molar-refractivity contribution in [3.05, 3.63) is 54.0 Å². The lowest BCUT2D eigenvalue weighted by molar-refractivity contribution is 0.281. The predicted molar refractivity (Wildman–Crippen MR) is 105 cm³/mol. The number of thiocarbonyl (C=S) groups is 1. The van der Waals surface area contributed by atoms with E-state index in [4.69, 9.17) is 16.6 Å². The Balaban J connectivity index is 2.17. The van der Waals surface area contributed by atoms with Crippen LogP contribution in [0.4, 0.5) is 5.69 Å². The summed E-state index contributed by atoms with van der Waals surface area (Å²) in [5.41, 5.74) is 2.36. The molecule has 1 aromatic heterocycles. The molecule has 1 unspecified atom stereocenters. The number of furan rings is 1. The minimum absolute atomic E-state index is 0.104. The molecular weight excluding hydrogens is 316 g/mol. The van der Waals surface area contributed by atoms with Crippen molar-refractivity contribution < 1.29 is 4.42 Å². The van der Waals surface area contributed by atoms with Gasteiger partial charge in [0.25, 0.3) is 0 Å². The summed E-state index contributed by atoms with van der Waals surface area (Å²) in [6.45, 7) is 9.67. The van der Waals surface area contributed by atoms with Crippen LogP contribution in [0.15, 0.2) is 47.1 Å². The maximum Gasteiger partial charge on any atom is 0.174 e. The summed E-state index contributed by atoms with van der Waals surface area (Å²) in [5, 5.41) is 4.19. The highest BCUT2D eigenvalue weighted by Crippen LogP contribution is 2.24. The van der Waals surface area contributed by atoms with Gasteiger partial charge in [-0.2, -0.15) is 0 Å². The second kappa shape index (κ2) is 8.88. The number of anilines is 1. The number of nitrogens with zero attached hydrogens (tertiary/aromatic N) is 1. The Kier molecular flexibility index (Phi) is 6.85. The average molecular weight is 345 g/mol. The van der Waals surface area contributed by atoms with E-state index in [2.05, 4.69) is 56.1 Å². The monoisotopic (exact) mass is 344 g/mol. The van der Waals surface area contributed by atoms with Gasteiger partial charge in [0, 0.05) is 12.2 Å². The fourth-order valence-electron chi connectivity index (χ4n) is 2.69. The van der Waals surface area contributed by atoms with Crippen molar-refractivity contribution in [2.75, 3.05) is 11.9 Å². The third-order valence-corrected chi connectivity index (χ3v) is 4.61. The number of nitrogens with one attached hydrogen (secondary N) is 1. The van der Waals surface area contributed by atoms with Crippen LogP contribution in [0.25, 0.3) is 0 Å². The molecule has 1 atom stereocenters. The highest BCUT2D eigenvalue weighted by Gasteiger charge is 2.21. The molecule has 0 aliphatic rings. The third-order valence-electron chi connectivity index (χ3n) is 4.27. The van der Waals surface area contributed by atoms with Gasteiger partial charge in [-0.25, -0.2) is 0 Å². The predicted octanol–water partition coefficient (Wildman–Crippen LogP) is 5.65. The number of hydrogen-bond donors (Lipinski definition) is 1. The molecule has 1 aromatic carbocycles. The van der Waals surface area contributed by atoms with E-state index in [1.54, 1.807) is 6.26 Å². The van der Waals surface area contributed by atoms with E-state index in [0.717, 1.165) is 35.9 Å². The Morgan fingerprint density at radius 2 is 1.92 bits per heavy atom. The molecule has 1 N–H and O–H groups in total. The standard InChI is InChI=1S/C20H28N2OS/c1-5-17-9-6-7-10-18(17)21-20(24)22(13-12-15(2)3)16(4)19-11-8-14-23-19/h6-11,14-16H,5,12-13H2,1-4H3,(H,21,24). The van der Waals surface area contributed by atoms with Gasteiger partial charge in [-0.1, -0.05) is 39.0 Å². The van der Waals surface area contributed by atoms with Crippen LogP contribution in [-0.2, 0) is 6.42 Å².